The number of nitrogens with zero attached hydrogens (tertiary/aromatic N) is 3. The van der Waals surface area contributed by atoms with Crippen LogP contribution in [-0.4, -0.2) is 32.2 Å². The van der Waals surface area contributed by atoms with Gasteiger partial charge in [-0.25, -0.2) is 9.78 Å². The number of hydrogen-bond donors (Lipinski definition) is 1. The van der Waals surface area contributed by atoms with Crippen molar-refractivity contribution in [2.75, 3.05) is 6.54 Å². The van der Waals surface area contributed by atoms with Crippen LogP contribution in [0.1, 0.15) is 23.9 Å². The first-order chi connectivity index (χ1) is 11.3. The summed E-state index contributed by atoms with van der Waals surface area (Å²) in [5, 5.41) is 9.02. The molecule has 3 rings (SSSR count). The van der Waals surface area contributed by atoms with E-state index in [1.165, 1.54) is 27.7 Å². The van der Waals surface area contributed by atoms with Gasteiger partial charge in [0.1, 0.15) is 1.37 Å². The van der Waals surface area contributed by atoms with Crippen molar-refractivity contribution in [3.05, 3.63) is 53.1 Å². The van der Waals surface area contributed by atoms with E-state index < -0.39 is 17.8 Å². The second-order valence-electron chi connectivity index (χ2n) is 5.30. The van der Waals surface area contributed by atoms with Crippen LogP contribution in [0.3, 0.4) is 0 Å². The molecule has 0 unspecified atom stereocenters. The van der Waals surface area contributed by atoms with Crippen LogP contribution < -0.4 is 0 Å². The summed E-state index contributed by atoms with van der Waals surface area (Å²) >= 11 is 0. The molecular formula is C15H14F3N3O2. The smallest absolute Gasteiger partial charge is 0.416 e. The maximum Gasteiger partial charge on any atom is 0.416 e. The Labute approximate surface area is 131 Å². The topological polar surface area (TPSA) is 58.4 Å². The fourth-order valence-corrected chi connectivity index (χ4v) is 2.71. The first kappa shape index (κ1) is 14.1. The molecule has 1 amide bonds. The number of fused-ring (bicyclic) bond motifs is 1. The zero-order chi connectivity index (χ0) is 17.5. The third kappa shape index (κ3) is 3.01. The molecule has 0 fully saturated rings. The summed E-state index contributed by atoms with van der Waals surface area (Å²) in [6.45, 7) is 0.156. The van der Waals surface area contributed by atoms with Gasteiger partial charge in [-0.3, -0.25) is 0 Å². The minimum Gasteiger partial charge on any atom is -0.465 e. The van der Waals surface area contributed by atoms with E-state index in [0.29, 0.717) is 17.8 Å². The Kier molecular flexibility index (Phi) is 3.44. The highest BCUT2D eigenvalue weighted by Crippen LogP contribution is 2.32. The summed E-state index contributed by atoms with van der Waals surface area (Å²) in [6, 6.07) is 5.22. The van der Waals surface area contributed by atoms with Gasteiger partial charge in [-0.15, -0.1) is 0 Å². The average molecular weight is 326 g/mol. The van der Waals surface area contributed by atoms with Gasteiger partial charge in [0.2, 0.25) is 0 Å². The van der Waals surface area contributed by atoms with Gasteiger partial charge in [-0.1, -0.05) is 18.2 Å². The van der Waals surface area contributed by atoms with Crippen molar-refractivity contribution >= 4 is 6.09 Å². The summed E-state index contributed by atoms with van der Waals surface area (Å²) in [4.78, 5) is 16.2. The highest BCUT2D eigenvalue weighted by atomic mass is 19.4. The van der Waals surface area contributed by atoms with E-state index in [0.717, 1.165) is 6.07 Å². The van der Waals surface area contributed by atoms with Gasteiger partial charge in [-0.2, -0.15) is 13.2 Å². The maximum absolute atomic E-state index is 13.1. The lowest BCUT2D eigenvalue weighted by molar-refractivity contribution is -0.138. The van der Waals surface area contributed by atoms with Crippen LogP contribution in [0.15, 0.2) is 30.6 Å². The third-order valence-electron chi connectivity index (χ3n) is 3.85. The average Bonchev–Trinajstić information content (AvgIpc) is 2.82. The number of imidazole rings is 1. The molecule has 0 aliphatic carbocycles. The second kappa shape index (κ2) is 5.60. The number of alkyl halides is 3. The molecule has 1 N–H and O–H groups in total. The number of halogens is 3. The van der Waals surface area contributed by atoms with Crippen molar-refractivity contribution in [1.82, 2.24) is 14.5 Å². The summed E-state index contributed by atoms with van der Waals surface area (Å²) in [7, 11) is 0. The predicted octanol–water partition coefficient (Wildman–Crippen LogP) is 2.99. The van der Waals surface area contributed by atoms with Gasteiger partial charge in [0.15, 0.2) is 0 Å². The molecule has 122 valence electrons. The number of rotatable bonds is 2. The van der Waals surface area contributed by atoms with Gasteiger partial charge in [0.05, 0.1) is 24.1 Å². The minimum atomic E-state index is -4.47. The Morgan fingerprint density at radius 2 is 2.13 bits per heavy atom. The van der Waals surface area contributed by atoms with Gasteiger partial charge in [0.25, 0.3) is 0 Å². The fourth-order valence-electron chi connectivity index (χ4n) is 2.71. The SMILES string of the molecule is [2H]c1nc2c(n1Cc1ccccc1C(F)(F)F)CCN(C(=O)O)C2. The van der Waals surface area contributed by atoms with Gasteiger partial charge in [-0.05, 0) is 11.6 Å². The van der Waals surface area contributed by atoms with Crippen LogP contribution in [0.2, 0.25) is 0 Å². The molecule has 1 aromatic carbocycles. The fraction of sp³-hybridized carbons (Fsp3) is 0.333. The predicted molar refractivity (Wildman–Crippen MR) is 74.9 cm³/mol. The molecule has 0 atom stereocenters. The van der Waals surface area contributed by atoms with Gasteiger partial charge < -0.3 is 14.6 Å². The Morgan fingerprint density at radius 3 is 2.83 bits per heavy atom. The molecule has 0 saturated heterocycles. The van der Waals surface area contributed by atoms with Crippen LogP contribution in [0.4, 0.5) is 18.0 Å². The van der Waals surface area contributed by atoms with E-state index in [4.69, 9.17) is 6.48 Å². The number of carboxylic acid groups (broad SMARTS) is 1. The van der Waals surface area contributed by atoms with Crippen molar-refractivity contribution in [3.8, 4) is 0 Å². The molecule has 23 heavy (non-hydrogen) atoms. The molecular weight excluding hydrogens is 311 g/mol. The van der Waals surface area contributed by atoms with Crippen LogP contribution in [0.5, 0.6) is 0 Å². The van der Waals surface area contributed by atoms with Crippen molar-refractivity contribution in [3.63, 3.8) is 0 Å². The first-order valence-electron chi connectivity index (χ1n) is 7.45. The van der Waals surface area contributed by atoms with E-state index in [-0.39, 0.29) is 31.5 Å². The number of benzene rings is 1. The van der Waals surface area contributed by atoms with E-state index in [1.54, 1.807) is 0 Å². The normalized spacial score (nSPS) is 15.3. The molecule has 0 saturated carbocycles. The molecule has 1 aliphatic rings. The van der Waals surface area contributed by atoms with E-state index in [2.05, 4.69) is 4.98 Å². The molecule has 5 nitrogen and oxygen atoms in total. The standard InChI is InChI=1S/C15H14F3N3O2/c16-15(17,18)11-4-2-1-3-10(11)7-21-9-19-12-8-20(14(22)23)6-5-13(12)21/h1-4,9H,5-8H2,(H,22,23)/i9D. The van der Waals surface area contributed by atoms with E-state index in [9.17, 15) is 18.0 Å². The lowest BCUT2D eigenvalue weighted by Crippen LogP contribution is -2.35. The maximum atomic E-state index is 13.1. The molecule has 2 heterocycles. The van der Waals surface area contributed by atoms with Gasteiger partial charge in [0, 0.05) is 25.2 Å². The summed E-state index contributed by atoms with van der Waals surface area (Å²) < 4.78 is 48.7. The van der Waals surface area contributed by atoms with E-state index in [1.807, 2.05) is 0 Å². The first-order valence-corrected chi connectivity index (χ1v) is 6.95. The third-order valence-corrected chi connectivity index (χ3v) is 3.85. The second-order valence-corrected chi connectivity index (χ2v) is 5.30. The number of aromatic nitrogens is 2. The summed E-state index contributed by atoms with van der Waals surface area (Å²) in [6.07, 6.45) is -5.39. The molecule has 1 aliphatic heterocycles. The molecule has 1 aromatic heterocycles. The van der Waals surface area contributed by atoms with E-state index >= 15 is 0 Å². The van der Waals surface area contributed by atoms with Crippen molar-refractivity contribution in [1.29, 1.82) is 0 Å². The summed E-state index contributed by atoms with van der Waals surface area (Å²) in [5.74, 6) is 0. The molecule has 2 aromatic rings. The van der Waals surface area contributed by atoms with Gasteiger partial charge >= 0.3 is 12.3 Å². The molecule has 0 bridgehead atoms. The monoisotopic (exact) mass is 326 g/mol. The van der Waals surface area contributed by atoms with Crippen LogP contribution in [-0.2, 0) is 25.7 Å². The zero-order valence-electron chi connectivity index (χ0n) is 13.0. The minimum absolute atomic E-state index is 0.0461. The quantitative estimate of drug-likeness (QED) is 0.923. The molecule has 8 heteroatoms. The summed E-state index contributed by atoms with van der Waals surface area (Å²) in [5.41, 5.74) is 0.363. The van der Waals surface area contributed by atoms with Crippen LogP contribution in [0.25, 0.3) is 0 Å². The Bertz CT molecular complexity index is 789. The lowest BCUT2D eigenvalue weighted by Gasteiger charge is -2.24. The van der Waals surface area contributed by atoms with Crippen LogP contribution >= 0.6 is 0 Å². The number of hydrogen-bond acceptors (Lipinski definition) is 2. The number of carbonyl (C=O) groups is 1. The van der Waals surface area contributed by atoms with Crippen LogP contribution in [0, 0.1) is 0 Å². The highest BCUT2D eigenvalue weighted by Gasteiger charge is 2.33. The molecule has 0 spiro atoms. The van der Waals surface area contributed by atoms with Crippen molar-refractivity contribution in [2.24, 2.45) is 0 Å². The largest absolute Gasteiger partial charge is 0.465 e. The zero-order valence-corrected chi connectivity index (χ0v) is 12.0. The Morgan fingerprint density at radius 1 is 1.39 bits per heavy atom. The lowest BCUT2D eigenvalue weighted by atomic mass is 10.1. The number of amides is 1. The Balaban J connectivity index is 1.95. The molecule has 0 radical (unpaired) electrons. The highest BCUT2D eigenvalue weighted by molar-refractivity contribution is 5.65. The van der Waals surface area contributed by atoms with Crippen molar-refractivity contribution < 1.29 is 24.4 Å². The Hall–Kier alpha value is -2.51. The van der Waals surface area contributed by atoms with Crippen molar-refractivity contribution in [2.45, 2.75) is 25.7 Å².